The van der Waals surface area contributed by atoms with Gasteiger partial charge in [0, 0.05) is 5.02 Å². The SMILES string of the molecule is O=C(Nc1ccc(Cl)cc1Cl)c1ccc(C#CCO)s1. The maximum Gasteiger partial charge on any atom is 0.265 e. The number of rotatable bonds is 2. The fourth-order valence-electron chi connectivity index (χ4n) is 1.43. The van der Waals surface area contributed by atoms with Gasteiger partial charge < -0.3 is 10.4 Å². The molecule has 0 spiro atoms. The third kappa shape index (κ3) is 3.75. The number of aliphatic hydroxyl groups excluding tert-OH is 1. The van der Waals surface area contributed by atoms with E-state index in [-0.39, 0.29) is 12.5 Å². The first kappa shape index (κ1) is 14.9. The Morgan fingerprint density at radius 3 is 2.80 bits per heavy atom. The summed E-state index contributed by atoms with van der Waals surface area (Å²) in [7, 11) is 0. The second kappa shape index (κ2) is 6.78. The van der Waals surface area contributed by atoms with Crippen molar-refractivity contribution in [3.63, 3.8) is 0 Å². The van der Waals surface area contributed by atoms with Gasteiger partial charge in [0.2, 0.25) is 0 Å². The highest BCUT2D eigenvalue weighted by molar-refractivity contribution is 7.14. The van der Waals surface area contributed by atoms with Gasteiger partial charge in [-0.2, -0.15) is 0 Å². The Hall–Kier alpha value is -1.51. The second-order valence-electron chi connectivity index (χ2n) is 3.70. The summed E-state index contributed by atoms with van der Waals surface area (Å²) in [6, 6.07) is 8.25. The van der Waals surface area contributed by atoms with Gasteiger partial charge in [-0.1, -0.05) is 35.0 Å². The Morgan fingerprint density at radius 2 is 2.10 bits per heavy atom. The molecule has 0 aliphatic heterocycles. The van der Waals surface area contributed by atoms with Crippen molar-refractivity contribution in [1.82, 2.24) is 0 Å². The van der Waals surface area contributed by atoms with E-state index in [2.05, 4.69) is 17.2 Å². The molecular formula is C14H9Cl2NO2S. The summed E-state index contributed by atoms with van der Waals surface area (Å²) in [4.78, 5) is 13.3. The predicted octanol–water partition coefficient (Wildman–Crippen LogP) is 3.65. The van der Waals surface area contributed by atoms with Crippen LogP contribution in [0.3, 0.4) is 0 Å². The lowest BCUT2D eigenvalue weighted by molar-refractivity contribution is 0.103. The Morgan fingerprint density at radius 1 is 1.30 bits per heavy atom. The number of aliphatic hydroxyl groups is 1. The van der Waals surface area contributed by atoms with Gasteiger partial charge >= 0.3 is 0 Å². The molecule has 1 amide bonds. The molecule has 0 bridgehead atoms. The molecule has 2 aromatic rings. The van der Waals surface area contributed by atoms with Gasteiger partial charge in [-0.15, -0.1) is 11.3 Å². The normalized spacial score (nSPS) is 9.75. The van der Waals surface area contributed by atoms with Gasteiger partial charge in [0.15, 0.2) is 0 Å². The average Bonchev–Trinajstić information content (AvgIpc) is 2.88. The number of amides is 1. The molecule has 6 heteroatoms. The highest BCUT2D eigenvalue weighted by Crippen LogP contribution is 2.26. The first-order chi connectivity index (χ1) is 9.60. The molecule has 2 rings (SSSR count). The fourth-order valence-corrected chi connectivity index (χ4v) is 2.66. The number of hydrogen-bond acceptors (Lipinski definition) is 3. The third-order valence-corrected chi connectivity index (χ3v) is 3.85. The van der Waals surface area contributed by atoms with Crippen LogP contribution in [-0.2, 0) is 0 Å². The molecule has 1 aromatic heterocycles. The molecule has 1 aromatic carbocycles. The van der Waals surface area contributed by atoms with Crippen LogP contribution in [0.4, 0.5) is 5.69 Å². The molecule has 0 fully saturated rings. The van der Waals surface area contributed by atoms with E-state index in [1.54, 1.807) is 30.3 Å². The summed E-state index contributed by atoms with van der Waals surface area (Å²) in [5.74, 6) is 5.01. The third-order valence-electron chi connectivity index (χ3n) is 2.30. The Labute approximate surface area is 130 Å². The van der Waals surface area contributed by atoms with E-state index >= 15 is 0 Å². The molecule has 1 heterocycles. The van der Waals surface area contributed by atoms with Crippen molar-refractivity contribution in [3.05, 3.63) is 50.1 Å². The smallest absolute Gasteiger partial charge is 0.265 e. The van der Waals surface area contributed by atoms with Crippen molar-refractivity contribution >= 4 is 46.1 Å². The monoisotopic (exact) mass is 325 g/mol. The Kier molecular flexibility index (Phi) is 5.05. The topological polar surface area (TPSA) is 49.3 Å². The number of thiophene rings is 1. The standard InChI is InChI=1S/C14H9Cl2NO2S/c15-9-3-5-12(11(16)8-9)17-14(19)13-6-4-10(20-13)2-1-7-18/h3-6,8,18H,7H2,(H,17,19). The summed E-state index contributed by atoms with van der Waals surface area (Å²) >= 11 is 13.0. The van der Waals surface area contributed by atoms with Crippen molar-refractivity contribution in [2.24, 2.45) is 0 Å². The minimum absolute atomic E-state index is 0.209. The lowest BCUT2D eigenvalue weighted by atomic mass is 10.3. The summed E-state index contributed by atoms with van der Waals surface area (Å²) in [6.07, 6.45) is 0. The number of halogens is 2. The molecule has 102 valence electrons. The summed E-state index contributed by atoms with van der Waals surface area (Å²) in [5.41, 5.74) is 0.498. The fraction of sp³-hybridized carbons (Fsp3) is 0.0714. The van der Waals surface area contributed by atoms with E-state index in [9.17, 15) is 4.79 Å². The zero-order valence-electron chi connectivity index (χ0n) is 10.1. The summed E-state index contributed by atoms with van der Waals surface area (Å²) in [6.45, 7) is -0.209. The van der Waals surface area contributed by atoms with Crippen LogP contribution in [0.1, 0.15) is 14.5 Å². The van der Waals surface area contributed by atoms with Crippen LogP contribution in [0, 0.1) is 11.8 Å². The molecule has 20 heavy (non-hydrogen) atoms. The van der Waals surface area contributed by atoms with Crippen molar-refractivity contribution < 1.29 is 9.90 Å². The zero-order chi connectivity index (χ0) is 14.5. The molecule has 2 N–H and O–H groups in total. The zero-order valence-corrected chi connectivity index (χ0v) is 12.4. The number of carbonyl (C=O) groups is 1. The number of benzene rings is 1. The molecule has 0 radical (unpaired) electrons. The van der Waals surface area contributed by atoms with Crippen molar-refractivity contribution in [1.29, 1.82) is 0 Å². The van der Waals surface area contributed by atoms with Crippen LogP contribution < -0.4 is 5.32 Å². The molecular weight excluding hydrogens is 317 g/mol. The number of carbonyl (C=O) groups excluding carboxylic acids is 1. The van der Waals surface area contributed by atoms with Gasteiger partial charge in [0.1, 0.15) is 6.61 Å². The number of hydrogen-bond donors (Lipinski definition) is 2. The Balaban J connectivity index is 2.13. The van der Waals surface area contributed by atoms with Crippen molar-refractivity contribution in [2.45, 2.75) is 0 Å². The lowest BCUT2D eigenvalue weighted by Crippen LogP contribution is -2.10. The van der Waals surface area contributed by atoms with Crippen LogP contribution >= 0.6 is 34.5 Å². The van der Waals surface area contributed by atoms with Crippen LogP contribution in [-0.4, -0.2) is 17.6 Å². The van der Waals surface area contributed by atoms with E-state index < -0.39 is 0 Å². The largest absolute Gasteiger partial charge is 0.384 e. The molecule has 0 saturated carbocycles. The lowest BCUT2D eigenvalue weighted by Gasteiger charge is -2.05. The average molecular weight is 326 g/mol. The van der Waals surface area contributed by atoms with E-state index in [1.807, 2.05) is 0 Å². The molecule has 0 saturated heterocycles. The van der Waals surface area contributed by atoms with E-state index in [4.69, 9.17) is 28.3 Å². The molecule has 3 nitrogen and oxygen atoms in total. The quantitative estimate of drug-likeness (QED) is 0.828. The predicted molar refractivity (Wildman–Crippen MR) is 82.7 cm³/mol. The Bertz CT molecular complexity index is 701. The highest BCUT2D eigenvalue weighted by atomic mass is 35.5. The van der Waals surface area contributed by atoms with E-state index in [0.29, 0.717) is 25.5 Å². The maximum absolute atomic E-state index is 12.0. The summed E-state index contributed by atoms with van der Waals surface area (Å²) in [5, 5.41) is 12.2. The molecule has 0 atom stereocenters. The van der Waals surface area contributed by atoms with Crippen LogP contribution in [0.15, 0.2) is 30.3 Å². The van der Waals surface area contributed by atoms with Gasteiger partial charge in [0.25, 0.3) is 5.91 Å². The number of nitrogens with one attached hydrogen (secondary N) is 1. The van der Waals surface area contributed by atoms with Gasteiger partial charge in [-0.25, -0.2) is 0 Å². The number of anilines is 1. The molecule has 0 aliphatic rings. The van der Waals surface area contributed by atoms with Crippen LogP contribution in [0.5, 0.6) is 0 Å². The molecule has 0 unspecified atom stereocenters. The second-order valence-corrected chi connectivity index (χ2v) is 5.63. The van der Waals surface area contributed by atoms with Gasteiger partial charge in [-0.05, 0) is 30.3 Å². The first-order valence-corrected chi connectivity index (χ1v) is 7.13. The maximum atomic E-state index is 12.0. The first-order valence-electron chi connectivity index (χ1n) is 5.56. The van der Waals surface area contributed by atoms with Gasteiger partial charge in [-0.3, -0.25) is 4.79 Å². The van der Waals surface area contributed by atoms with Crippen LogP contribution in [0.2, 0.25) is 10.0 Å². The van der Waals surface area contributed by atoms with E-state index in [1.165, 1.54) is 11.3 Å². The van der Waals surface area contributed by atoms with Crippen LogP contribution in [0.25, 0.3) is 0 Å². The minimum Gasteiger partial charge on any atom is -0.384 e. The van der Waals surface area contributed by atoms with E-state index in [0.717, 1.165) is 0 Å². The van der Waals surface area contributed by atoms with Gasteiger partial charge in [0.05, 0.1) is 20.5 Å². The van der Waals surface area contributed by atoms with Crippen molar-refractivity contribution in [3.8, 4) is 11.8 Å². The summed E-state index contributed by atoms with van der Waals surface area (Å²) < 4.78 is 0. The molecule has 0 aliphatic carbocycles. The minimum atomic E-state index is -0.267. The van der Waals surface area contributed by atoms with Crippen molar-refractivity contribution in [2.75, 3.05) is 11.9 Å². The highest BCUT2D eigenvalue weighted by Gasteiger charge is 2.11.